The summed E-state index contributed by atoms with van der Waals surface area (Å²) in [6.07, 6.45) is 0. The Morgan fingerprint density at radius 3 is 2.61 bits per heavy atom. The summed E-state index contributed by atoms with van der Waals surface area (Å²) in [5.41, 5.74) is 6.20. The molecule has 1 rings (SSSR count). The van der Waals surface area contributed by atoms with E-state index in [-0.39, 0.29) is 22.7 Å². The van der Waals surface area contributed by atoms with E-state index in [1.54, 1.807) is 13.8 Å². The number of furan rings is 1. The van der Waals surface area contributed by atoms with Gasteiger partial charge in [-0.05, 0) is 22.9 Å². The van der Waals surface area contributed by atoms with Crippen LogP contribution in [0.4, 0.5) is 0 Å². The van der Waals surface area contributed by atoms with E-state index in [1.165, 1.54) is 10.4 Å². The lowest BCUT2D eigenvalue weighted by molar-refractivity contribution is 0.447. The van der Waals surface area contributed by atoms with Crippen LogP contribution >= 0.6 is 15.9 Å². The Hall–Kier alpha value is -0.630. The Bertz CT molecular complexity index is 536. The van der Waals surface area contributed by atoms with Crippen LogP contribution in [0.3, 0.4) is 0 Å². The van der Waals surface area contributed by atoms with E-state index in [1.807, 2.05) is 0 Å². The molecule has 0 bridgehead atoms. The van der Waals surface area contributed by atoms with Gasteiger partial charge in [0.15, 0.2) is 4.67 Å². The molecule has 0 aliphatic rings. The number of sulfonamides is 1. The highest BCUT2D eigenvalue weighted by atomic mass is 79.9. The molecular formula is C11H17BrN2O3S. The SMILES string of the molecule is C=C(C)CN(CC)S(=O)(=O)c1cc(CN)oc1Br. The summed E-state index contributed by atoms with van der Waals surface area (Å²) in [5.74, 6) is 0.423. The predicted octanol–water partition coefficient (Wildman–Crippen LogP) is 2.09. The van der Waals surface area contributed by atoms with Gasteiger partial charge in [0, 0.05) is 19.2 Å². The van der Waals surface area contributed by atoms with Crippen LogP contribution in [-0.2, 0) is 16.6 Å². The van der Waals surface area contributed by atoms with E-state index in [4.69, 9.17) is 10.2 Å². The summed E-state index contributed by atoms with van der Waals surface area (Å²) in [6.45, 7) is 8.10. The summed E-state index contributed by atoms with van der Waals surface area (Å²) >= 11 is 3.11. The average molecular weight is 337 g/mol. The topological polar surface area (TPSA) is 76.5 Å². The third-order valence-electron chi connectivity index (χ3n) is 2.32. The van der Waals surface area contributed by atoms with E-state index in [2.05, 4.69) is 22.5 Å². The smallest absolute Gasteiger partial charge is 0.247 e. The van der Waals surface area contributed by atoms with Gasteiger partial charge in [0.1, 0.15) is 10.7 Å². The number of nitrogens with two attached hydrogens (primary N) is 1. The van der Waals surface area contributed by atoms with Crippen molar-refractivity contribution in [3.8, 4) is 0 Å². The van der Waals surface area contributed by atoms with Gasteiger partial charge in [-0.3, -0.25) is 0 Å². The van der Waals surface area contributed by atoms with Crippen LogP contribution in [0.2, 0.25) is 0 Å². The molecule has 7 heteroatoms. The van der Waals surface area contributed by atoms with Gasteiger partial charge in [0.05, 0.1) is 6.54 Å². The predicted molar refractivity (Wildman–Crippen MR) is 73.5 cm³/mol. The summed E-state index contributed by atoms with van der Waals surface area (Å²) in [6, 6.07) is 1.44. The summed E-state index contributed by atoms with van der Waals surface area (Å²) in [7, 11) is -3.59. The first-order chi connectivity index (χ1) is 8.32. The molecule has 0 saturated heterocycles. The molecule has 0 unspecified atom stereocenters. The minimum atomic E-state index is -3.59. The van der Waals surface area contributed by atoms with Crippen molar-refractivity contribution in [2.24, 2.45) is 5.73 Å². The molecular weight excluding hydrogens is 320 g/mol. The molecule has 0 atom stereocenters. The van der Waals surface area contributed by atoms with Gasteiger partial charge in [0.2, 0.25) is 10.0 Å². The monoisotopic (exact) mass is 336 g/mol. The normalized spacial score (nSPS) is 12.1. The van der Waals surface area contributed by atoms with E-state index < -0.39 is 10.0 Å². The van der Waals surface area contributed by atoms with E-state index in [0.717, 1.165) is 5.57 Å². The fraction of sp³-hybridized carbons (Fsp3) is 0.455. The maximum absolute atomic E-state index is 12.4. The third-order valence-corrected chi connectivity index (χ3v) is 5.10. The zero-order chi connectivity index (χ0) is 13.9. The largest absolute Gasteiger partial charge is 0.452 e. The molecule has 18 heavy (non-hydrogen) atoms. The fourth-order valence-electron chi connectivity index (χ4n) is 1.48. The number of likely N-dealkylation sites (N-methyl/N-ethyl adjacent to an activating group) is 1. The Balaban J connectivity index is 3.18. The minimum Gasteiger partial charge on any atom is -0.452 e. The summed E-state index contributed by atoms with van der Waals surface area (Å²) in [4.78, 5) is 0.103. The Labute approximate surface area is 116 Å². The molecule has 1 heterocycles. The molecule has 0 amide bonds. The van der Waals surface area contributed by atoms with Gasteiger partial charge in [-0.15, -0.1) is 0 Å². The van der Waals surface area contributed by atoms with Crippen LogP contribution in [0.5, 0.6) is 0 Å². The van der Waals surface area contributed by atoms with Crippen LogP contribution in [0.1, 0.15) is 19.6 Å². The van der Waals surface area contributed by atoms with Crippen molar-refractivity contribution in [2.75, 3.05) is 13.1 Å². The van der Waals surface area contributed by atoms with Gasteiger partial charge in [-0.1, -0.05) is 19.1 Å². The number of hydrogen-bond donors (Lipinski definition) is 1. The molecule has 0 fully saturated rings. The highest BCUT2D eigenvalue weighted by Gasteiger charge is 2.28. The molecule has 102 valence electrons. The van der Waals surface area contributed by atoms with Crippen molar-refractivity contribution in [3.63, 3.8) is 0 Å². The second-order valence-electron chi connectivity index (χ2n) is 3.94. The summed E-state index contributed by atoms with van der Waals surface area (Å²) in [5, 5.41) is 0. The van der Waals surface area contributed by atoms with Gasteiger partial charge >= 0.3 is 0 Å². The number of halogens is 1. The average Bonchev–Trinajstić information content (AvgIpc) is 2.67. The van der Waals surface area contributed by atoms with Crippen LogP contribution in [0.25, 0.3) is 0 Å². The number of rotatable bonds is 6. The molecule has 0 aliphatic carbocycles. The molecule has 0 aromatic carbocycles. The van der Waals surface area contributed by atoms with Crippen molar-refractivity contribution in [1.29, 1.82) is 0 Å². The number of nitrogens with zero attached hydrogens (tertiary/aromatic N) is 1. The lowest BCUT2D eigenvalue weighted by Gasteiger charge is -2.19. The van der Waals surface area contributed by atoms with Gasteiger partial charge in [-0.2, -0.15) is 4.31 Å². The van der Waals surface area contributed by atoms with Crippen LogP contribution in [0, 0.1) is 0 Å². The molecule has 0 saturated carbocycles. The van der Waals surface area contributed by atoms with Crippen molar-refractivity contribution in [2.45, 2.75) is 25.3 Å². The second kappa shape index (κ2) is 6.01. The molecule has 1 aromatic rings. The lowest BCUT2D eigenvalue weighted by atomic mass is 10.3. The van der Waals surface area contributed by atoms with E-state index in [0.29, 0.717) is 12.3 Å². The Kier molecular flexibility index (Phi) is 5.15. The van der Waals surface area contributed by atoms with Gasteiger partial charge in [0.25, 0.3) is 0 Å². The summed E-state index contributed by atoms with van der Waals surface area (Å²) < 4.78 is 31.5. The molecule has 0 spiro atoms. The van der Waals surface area contributed by atoms with Crippen molar-refractivity contribution < 1.29 is 12.8 Å². The molecule has 1 aromatic heterocycles. The number of hydrogen-bond acceptors (Lipinski definition) is 4. The first-order valence-electron chi connectivity index (χ1n) is 5.45. The Morgan fingerprint density at radius 2 is 2.22 bits per heavy atom. The van der Waals surface area contributed by atoms with E-state index in [9.17, 15) is 8.42 Å². The van der Waals surface area contributed by atoms with Gasteiger partial charge in [-0.25, -0.2) is 8.42 Å². The molecule has 5 nitrogen and oxygen atoms in total. The maximum atomic E-state index is 12.4. The van der Waals surface area contributed by atoms with Crippen LogP contribution in [0.15, 0.2) is 32.2 Å². The van der Waals surface area contributed by atoms with Crippen LogP contribution in [-0.4, -0.2) is 25.8 Å². The van der Waals surface area contributed by atoms with Crippen molar-refractivity contribution >= 4 is 26.0 Å². The van der Waals surface area contributed by atoms with Crippen LogP contribution < -0.4 is 5.73 Å². The first-order valence-corrected chi connectivity index (χ1v) is 7.69. The first kappa shape index (κ1) is 15.4. The quantitative estimate of drug-likeness (QED) is 0.807. The fourth-order valence-corrected chi connectivity index (χ4v) is 3.95. The Morgan fingerprint density at radius 1 is 1.61 bits per heavy atom. The standard InChI is InChI=1S/C11H17BrN2O3S/c1-4-14(7-8(2)3)18(15,16)10-5-9(6-13)17-11(10)12/h5H,2,4,6-7,13H2,1,3H3. The maximum Gasteiger partial charge on any atom is 0.247 e. The highest BCUT2D eigenvalue weighted by Crippen LogP contribution is 2.28. The molecule has 0 aliphatic heterocycles. The van der Waals surface area contributed by atoms with E-state index >= 15 is 0 Å². The highest BCUT2D eigenvalue weighted by molar-refractivity contribution is 9.10. The molecule has 0 radical (unpaired) electrons. The zero-order valence-electron chi connectivity index (χ0n) is 10.4. The second-order valence-corrected chi connectivity index (χ2v) is 6.57. The van der Waals surface area contributed by atoms with Gasteiger partial charge < -0.3 is 10.2 Å². The lowest BCUT2D eigenvalue weighted by Crippen LogP contribution is -2.32. The van der Waals surface area contributed by atoms with Crippen molar-refractivity contribution in [1.82, 2.24) is 4.31 Å². The zero-order valence-corrected chi connectivity index (χ0v) is 12.8. The molecule has 2 N–H and O–H groups in total. The minimum absolute atomic E-state index is 0.103. The third kappa shape index (κ3) is 3.23. The van der Waals surface area contributed by atoms with Crippen molar-refractivity contribution in [3.05, 3.63) is 28.6 Å².